The first-order valence-corrected chi connectivity index (χ1v) is 8.60. The van der Waals surface area contributed by atoms with Gasteiger partial charge >= 0.3 is 0 Å². The average Bonchev–Trinajstić information content (AvgIpc) is 2.88. The van der Waals surface area contributed by atoms with Crippen molar-refractivity contribution in [3.63, 3.8) is 0 Å². The third-order valence-electron chi connectivity index (χ3n) is 4.07. The second-order valence-electron chi connectivity index (χ2n) is 7.78. The molecule has 2 N–H and O–H groups in total. The maximum atomic E-state index is 12.6. The van der Waals surface area contributed by atoms with Crippen molar-refractivity contribution in [2.75, 3.05) is 11.9 Å². The van der Waals surface area contributed by atoms with Crippen molar-refractivity contribution in [3.05, 3.63) is 29.8 Å². The molecule has 3 amide bonds. The topological polar surface area (TPSA) is 78.5 Å². The summed E-state index contributed by atoms with van der Waals surface area (Å²) < 4.78 is 0. The Kier molecular flexibility index (Phi) is 5.50. The van der Waals surface area contributed by atoms with E-state index in [-0.39, 0.29) is 35.7 Å². The SMILES string of the molecule is CC(C)N1C[C@H](C(=O)Nc2ccccc2C(=O)NC(C)(C)C)CC1=O. The minimum absolute atomic E-state index is 0.00564. The van der Waals surface area contributed by atoms with Gasteiger partial charge in [-0.1, -0.05) is 12.1 Å². The molecule has 0 aromatic heterocycles. The Hall–Kier alpha value is -2.37. The van der Waals surface area contributed by atoms with Gasteiger partial charge in [0.2, 0.25) is 11.8 Å². The van der Waals surface area contributed by atoms with E-state index in [9.17, 15) is 14.4 Å². The van der Waals surface area contributed by atoms with Crippen LogP contribution in [0.4, 0.5) is 5.69 Å². The minimum Gasteiger partial charge on any atom is -0.347 e. The number of anilines is 1. The van der Waals surface area contributed by atoms with Crippen LogP contribution in [0.25, 0.3) is 0 Å². The van der Waals surface area contributed by atoms with E-state index in [1.165, 1.54) is 0 Å². The van der Waals surface area contributed by atoms with Crippen molar-refractivity contribution >= 4 is 23.4 Å². The summed E-state index contributed by atoms with van der Waals surface area (Å²) in [5.74, 6) is -0.871. The molecule has 0 aliphatic carbocycles. The first kappa shape index (κ1) is 19.0. The molecule has 1 fully saturated rings. The van der Waals surface area contributed by atoms with Crippen LogP contribution in [0.5, 0.6) is 0 Å². The molecule has 2 rings (SSSR count). The highest BCUT2D eigenvalue weighted by molar-refractivity contribution is 6.05. The molecule has 0 saturated carbocycles. The van der Waals surface area contributed by atoms with Gasteiger partial charge in [0.15, 0.2) is 0 Å². The Morgan fingerprint density at radius 1 is 1.20 bits per heavy atom. The van der Waals surface area contributed by atoms with Crippen LogP contribution in [-0.4, -0.2) is 40.7 Å². The third-order valence-corrected chi connectivity index (χ3v) is 4.07. The maximum Gasteiger partial charge on any atom is 0.253 e. The van der Waals surface area contributed by atoms with Gasteiger partial charge in [0, 0.05) is 24.5 Å². The quantitative estimate of drug-likeness (QED) is 0.879. The van der Waals surface area contributed by atoms with E-state index < -0.39 is 5.92 Å². The van der Waals surface area contributed by atoms with Gasteiger partial charge in [0.05, 0.1) is 17.2 Å². The van der Waals surface area contributed by atoms with Gasteiger partial charge in [0.25, 0.3) is 5.91 Å². The highest BCUT2D eigenvalue weighted by Gasteiger charge is 2.35. The summed E-state index contributed by atoms with van der Waals surface area (Å²) in [6.07, 6.45) is 0.209. The van der Waals surface area contributed by atoms with Crippen molar-refractivity contribution in [3.8, 4) is 0 Å². The van der Waals surface area contributed by atoms with Gasteiger partial charge in [-0.05, 0) is 46.8 Å². The molecule has 0 bridgehead atoms. The van der Waals surface area contributed by atoms with Crippen LogP contribution in [-0.2, 0) is 9.59 Å². The molecule has 0 unspecified atom stereocenters. The summed E-state index contributed by atoms with van der Waals surface area (Å²) in [4.78, 5) is 38.7. The molecule has 1 aliphatic heterocycles. The summed E-state index contributed by atoms with van der Waals surface area (Å²) >= 11 is 0. The average molecular weight is 345 g/mol. The van der Waals surface area contributed by atoms with E-state index in [0.29, 0.717) is 17.8 Å². The van der Waals surface area contributed by atoms with Crippen molar-refractivity contribution in [1.82, 2.24) is 10.2 Å². The zero-order valence-corrected chi connectivity index (χ0v) is 15.6. The van der Waals surface area contributed by atoms with Gasteiger partial charge in [-0.3, -0.25) is 14.4 Å². The Balaban J connectivity index is 2.12. The fraction of sp³-hybridized carbons (Fsp3) is 0.526. The molecule has 1 aromatic carbocycles. The highest BCUT2D eigenvalue weighted by atomic mass is 16.2. The van der Waals surface area contributed by atoms with Crippen LogP contribution < -0.4 is 10.6 Å². The lowest BCUT2D eigenvalue weighted by atomic mass is 10.1. The van der Waals surface area contributed by atoms with Crippen LogP contribution in [0, 0.1) is 5.92 Å². The second-order valence-corrected chi connectivity index (χ2v) is 7.78. The van der Waals surface area contributed by atoms with Crippen LogP contribution in [0.2, 0.25) is 0 Å². The van der Waals surface area contributed by atoms with Gasteiger partial charge in [-0.25, -0.2) is 0 Å². The van der Waals surface area contributed by atoms with E-state index in [1.54, 1.807) is 29.2 Å². The predicted octanol–water partition coefficient (Wildman–Crippen LogP) is 2.41. The lowest BCUT2D eigenvalue weighted by molar-refractivity contribution is -0.129. The molecule has 6 nitrogen and oxygen atoms in total. The monoisotopic (exact) mass is 345 g/mol. The summed E-state index contributed by atoms with van der Waals surface area (Å²) in [6.45, 7) is 9.98. The van der Waals surface area contributed by atoms with E-state index in [4.69, 9.17) is 0 Å². The van der Waals surface area contributed by atoms with Crippen molar-refractivity contribution in [2.24, 2.45) is 5.92 Å². The smallest absolute Gasteiger partial charge is 0.253 e. The zero-order valence-electron chi connectivity index (χ0n) is 15.6. The molecule has 1 aromatic rings. The van der Waals surface area contributed by atoms with Crippen LogP contribution in [0.3, 0.4) is 0 Å². The normalized spacial score (nSPS) is 17.8. The van der Waals surface area contributed by atoms with Crippen LogP contribution in [0.1, 0.15) is 51.4 Å². The standard InChI is InChI=1S/C19H27N3O3/c1-12(2)22-11-13(10-16(22)23)17(24)20-15-9-7-6-8-14(15)18(25)21-19(3,4)5/h6-9,12-13H,10-11H2,1-5H3,(H,20,24)(H,21,25)/t13-/m1/s1. The first-order valence-electron chi connectivity index (χ1n) is 8.60. The Morgan fingerprint density at radius 3 is 2.40 bits per heavy atom. The molecule has 1 heterocycles. The number of carbonyl (C=O) groups excluding carboxylic acids is 3. The van der Waals surface area contributed by atoms with Crippen molar-refractivity contribution < 1.29 is 14.4 Å². The summed E-state index contributed by atoms with van der Waals surface area (Å²) in [5.41, 5.74) is 0.504. The van der Waals surface area contributed by atoms with Crippen molar-refractivity contribution in [1.29, 1.82) is 0 Å². The number of likely N-dealkylation sites (tertiary alicyclic amines) is 1. The Labute approximate surface area is 149 Å². The highest BCUT2D eigenvalue weighted by Crippen LogP contribution is 2.23. The number of carbonyl (C=O) groups is 3. The molecule has 6 heteroatoms. The Bertz CT molecular complexity index is 677. The largest absolute Gasteiger partial charge is 0.347 e. The fourth-order valence-corrected chi connectivity index (χ4v) is 2.84. The summed E-state index contributed by atoms with van der Waals surface area (Å²) in [5, 5.41) is 5.72. The lowest BCUT2D eigenvalue weighted by Gasteiger charge is -2.22. The van der Waals surface area contributed by atoms with Gasteiger partial charge < -0.3 is 15.5 Å². The summed E-state index contributed by atoms with van der Waals surface area (Å²) in [6, 6.07) is 6.98. The summed E-state index contributed by atoms with van der Waals surface area (Å²) in [7, 11) is 0. The number of nitrogens with zero attached hydrogens (tertiary/aromatic N) is 1. The lowest BCUT2D eigenvalue weighted by Crippen LogP contribution is -2.41. The molecule has 25 heavy (non-hydrogen) atoms. The third kappa shape index (κ3) is 4.81. The number of rotatable bonds is 4. The molecule has 1 saturated heterocycles. The van der Waals surface area contributed by atoms with Crippen LogP contribution >= 0.6 is 0 Å². The number of hydrogen-bond acceptors (Lipinski definition) is 3. The predicted molar refractivity (Wildman–Crippen MR) is 97.2 cm³/mol. The van der Waals surface area contributed by atoms with E-state index >= 15 is 0 Å². The van der Waals surface area contributed by atoms with E-state index in [0.717, 1.165) is 0 Å². The molecule has 1 aliphatic rings. The molecule has 136 valence electrons. The fourth-order valence-electron chi connectivity index (χ4n) is 2.84. The van der Waals surface area contributed by atoms with Crippen molar-refractivity contribution in [2.45, 2.75) is 52.6 Å². The Morgan fingerprint density at radius 2 is 1.84 bits per heavy atom. The molecule has 0 spiro atoms. The number of hydrogen-bond donors (Lipinski definition) is 2. The second kappa shape index (κ2) is 7.25. The minimum atomic E-state index is -0.395. The molecule has 0 radical (unpaired) electrons. The number of para-hydroxylation sites is 1. The van der Waals surface area contributed by atoms with Crippen LogP contribution in [0.15, 0.2) is 24.3 Å². The van der Waals surface area contributed by atoms with Gasteiger partial charge in [-0.15, -0.1) is 0 Å². The van der Waals surface area contributed by atoms with Gasteiger partial charge in [0.1, 0.15) is 0 Å². The molecule has 1 atom stereocenters. The zero-order chi connectivity index (χ0) is 18.8. The number of benzene rings is 1. The number of amides is 3. The van der Waals surface area contributed by atoms with Gasteiger partial charge in [-0.2, -0.15) is 0 Å². The molecular weight excluding hydrogens is 318 g/mol. The van der Waals surface area contributed by atoms with E-state index in [1.807, 2.05) is 34.6 Å². The maximum absolute atomic E-state index is 12.6. The number of nitrogens with one attached hydrogen (secondary N) is 2. The molecular formula is C19H27N3O3. The first-order chi connectivity index (χ1) is 11.6. The van der Waals surface area contributed by atoms with E-state index in [2.05, 4.69) is 10.6 Å².